The number of hydrogen-bond acceptors (Lipinski definition) is 8. The second kappa shape index (κ2) is 11.9. The topological polar surface area (TPSA) is 105 Å². The van der Waals surface area contributed by atoms with Crippen LogP contribution in [0.15, 0.2) is 53.7 Å². The number of esters is 1. The fourth-order valence-corrected chi connectivity index (χ4v) is 3.48. The van der Waals surface area contributed by atoms with Gasteiger partial charge in [0.2, 0.25) is 5.91 Å². The summed E-state index contributed by atoms with van der Waals surface area (Å²) in [5.74, 6) is 1.57. The monoisotopic (exact) mass is 470 g/mol. The summed E-state index contributed by atoms with van der Waals surface area (Å²) in [5.41, 5.74) is 0.918. The summed E-state index contributed by atoms with van der Waals surface area (Å²) < 4.78 is 17.8. The molecule has 0 fully saturated rings. The first kappa shape index (κ1) is 24.1. The van der Waals surface area contributed by atoms with Crippen molar-refractivity contribution in [3.63, 3.8) is 0 Å². The van der Waals surface area contributed by atoms with Gasteiger partial charge in [-0.2, -0.15) is 0 Å². The fourth-order valence-electron chi connectivity index (χ4n) is 2.75. The predicted octanol–water partition coefficient (Wildman–Crippen LogP) is 3.70. The minimum atomic E-state index is -0.411. The van der Waals surface area contributed by atoms with Gasteiger partial charge in [-0.05, 0) is 48.9 Å². The number of nitrogens with zero attached hydrogens (tertiary/aromatic N) is 3. The number of carbonyl (C=O) groups excluding carboxylic acids is 2. The van der Waals surface area contributed by atoms with Crippen molar-refractivity contribution in [1.82, 2.24) is 14.8 Å². The van der Waals surface area contributed by atoms with Gasteiger partial charge in [0.05, 0.1) is 25.0 Å². The van der Waals surface area contributed by atoms with Crippen molar-refractivity contribution in [1.29, 1.82) is 0 Å². The number of nitrogens with one attached hydrogen (secondary N) is 1. The van der Waals surface area contributed by atoms with Crippen LogP contribution in [-0.2, 0) is 23.2 Å². The van der Waals surface area contributed by atoms with Gasteiger partial charge in [0.1, 0.15) is 18.1 Å². The number of aromatic nitrogens is 3. The first-order valence-corrected chi connectivity index (χ1v) is 11.3. The summed E-state index contributed by atoms with van der Waals surface area (Å²) in [5, 5.41) is 11.7. The highest BCUT2D eigenvalue weighted by Crippen LogP contribution is 2.20. The predicted molar refractivity (Wildman–Crippen MR) is 125 cm³/mol. The first-order chi connectivity index (χ1) is 16.0. The van der Waals surface area contributed by atoms with Crippen LogP contribution in [0.4, 0.5) is 5.69 Å². The smallest absolute Gasteiger partial charge is 0.338 e. The molecule has 174 valence electrons. The average Bonchev–Trinajstić information content (AvgIpc) is 3.19. The first-order valence-electron chi connectivity index (χ1n) is 10.3. The third kappa shape index (κ3) is 6.98. The molecule has 3 aromatic rings. The SMILES string of the molecule is CCCOC(=O)c1cccc(NC(=O)CSc2nnc(COc3ccc(OC)cc3)n2C)c1. The van der Waals surface area contributed by atoms with E-state index in [1.54, 1.807) is 35.9 Å². The number of benzene rings is 2. The van der Waals surface area contributed by atoms with Crippen LogP contribution < -0.4 is 14.8 Å². The molecule has 9 nitrogen and oxygen atoms in total. The van der Waals surface area contributed by atoms with Crippen LogP contribution in [0.25, 0.3) is 0 Å². The van der Waals surface area contributed by atoms with Crippen molar-refractivity contribution in [3.8, 4) is 11.5 Å². The van der Waals surface area contributed by atoms with Gasteiger partial charge in [-0.25, -0.2) is 4.79 Å². The third-order valence-corrected chi connectivity index (χ3v) is 5.52. The number of methoxy groups -OCH3 is 1. The molecule has 0 bridgehead atoms. The average molecular weight is 471 g/mol. The molecule has 0 aliphatic heterocycles. The molecular weight excluding hydrogens is 444 g/mol. The number of ether oxygens (including phenoxy) is 3. The van der Waals surface area contributed by atoms with Crippen LogP contribution in [0.5, 0.6) is 11.5 Å². The molecule has 0 radical (unpaired) electrons. The molecule has 1 amide bonds. The van der Waals surface area contributed by atoms with E-state index in [4.69, 9.17) is 14.2 Å². The summed E-state index contributed by atoms with van der Waals surface area (Å²) in [6.45, 7) is 2.52. The molecular formula is C23H26N4O5S. The number of anilines is 1. The molecule has 0 aliphatic rings. The number of thioether (sulfide) groups is 1. The highest BCUT2D eigenvalue weighted by molar-refractivity contribution is 7.99. The quantitative estimate of drug-likeness (QED) is 0.334. The van der Waals surface area contributed by atoms with E-state index >= 15 is 0 Å². The van der Waals surface area contributed by atoms with Crippen LogP contribution in [0.2, 0.25) is 0 Å². The lowest BCUT2D eigenvalue weighted by Gasteiger charge is -2.08. The van der Waals surface area contributed by atoms with Gasteiger partial charge in [-0.1, -0.05) is 24.8 Å². The minimum absolute atomic E-state index is 0.135. The Hall–Kier alpha value is -3.53. The van der Waals surface area contributed by atoms with Crippen LogP contribution >= 0.6 is 11.8 Å². The standard InChI is InChI=1S/C23H26N4O5S/c1-4-12-31-22(29)16-6-5-7-17(13-16)24-21(28)15-33-23-26-25-20(27(23)2)14-32-19-10-8-18(30-3)9-11-19/h5-11,13H,4,12,14-15H2,1-3H3,(H,24,28). The second-order valence-electron chi connectivity index (χ2n) is 6.98. The Morgan fingerprint density at radius 2 is 1.85 bits per heavy atom. The van der Waals surface area contributed by atoms with Crippen molar-refractivity contribution in [2.75, 3.05) is 24.8 Å². The lowest BCUT2D eigenvalue weighted by Crippen LogP contribution is -2.15. The van der Waals surface area contributed by atoms with Gasteiger partial charge in [-0.3, -0.25) is 4.79 Å². The van der Waals surface area contributed by atoms with Crippen molar-refractivity contribution in [3.05, 3.63) is 59.9 Å². The molecule has 0 unspecified atom stereocenters. The molecule has 0 aliphatic carbocycles. The molecule has 1 aromatic heterocycles. The van der Waals surface area contributed by atoms with E-state index in [1.807, 2.05) is 38.2 Å². The zero-order chi connectivity index (χ0) is 23.6. The maximum absolute atomic E-state index is 12.4. The lowest BCUT2D eigenvalue weighted by molar-refractivity contribution is -0.113. The number of amides is 1. The van der Waals surface area contributed by atoms with Gasteiger partial charge in [0.25, 0.3) is 0 Å². The Labute approximate surface area is 196 Å². The van der Waals surface area contributed by atoms with Crippen LogP contribution in [0.3, 0.4) is 0 Å². The maximum Gasteiger partial charge on any atom is 0.338 e. The van der Waals surface area contributed by atoms with E-state index in [-0.39, 0.29) is 18.3 Å². The molecule has 0 saturated heterocycles. The van der Waals surface area contributed by atoms with E-state index in [2.05, 4.69) is 15.5 Å². The zero-order valence-corrected chi connectivity index (χ0v) is 19.6. The Kier molecular flexibility index (Phi) is 8.71. The molecule has 0 saturated carbocycles. The molecule has 2 aromatic carbocycles. The molecule has 0 atom stereocenters. The number of rotatable bonds is 11. The summed E-state index contributed by atoms with van der Waals surface area (Å²) in [6.07, 6.45) is 0.747. The molecule has 1 heterocycles. The summed E-state index contributed by atoms with van der Waals surface area (Å²) in [4.78, 5) is 24.4. The lowest BCUT2D eigenvalue weighted by atomic mass is 10.2. The Morgan fingerprint density at radius 1 is 1.09 bits per heavy atom. The molecule has 0 spiro atoms. The van der Waals surface area contributed by atoms with Gasteiger partial charge in [0.15, 0.2) is 11.0 Å². The highest BCUT2D eigenvalue weighted by Gasteiger charge is 2.13. The third-order valence-electron chi connectivity index (χ3n) is 4.50. The van der Waals surface area contributed by atoms with Crippen molar-refractivity contribution in [2.45, 2.75) is 25.1 Å². The van der Waals surface area contributed by atoms with Crippen LogP contribution in [-0.4, -0.2) is 46.1 Å². The van der Waals surface area contributed by atoms with E-state index in [1.165, 1.54) is 11.8 Å². The zero-order valence-electron chi connectivity index (χ0n) is 18.7. The van der Waals surface area contributed by atoms with Crippen molar-refractivity contribution >= 4 is 29.3 Å². The van der Waals surface area contributed by atoms with E-state index in [0.717, 1.165) is 12.2 Å². The Balaban J connectivity index is 1.50. The second-order valence-corrected chi connectivity index (χ2v) is 7.92. The number of carbonyl (C=O) groups is 2. The van der Waals surface area contributed by atoms with Gasteiger partial charge in [0, 0.05) is 12.7 Å². The van der Waals surface area contributed by atoms with E-state index in [9.17, 15) is 9.59 Å². The maximum atomic E-state index is 12.4. The molecule has 33 heavy (non-hydrogen) atoms. The van der Waals surface area contributed by atoms with Gasteiger partial charge < -0.3 is 24.1 Å². The largest absolute Gasteiger partial charge is 0.497 e. The Bertz CT molecular complexity index is 1080. The fraction of sp³-hybridized carbons (Fsp3) is 0.304. The molecule has 1 N–H and O–H groups in total. The van der Waals surface area contributed by atoms with Gasteiger partial charge in [-0.15, -0.1) is 10.2 Å². The van der Waals surface area contributed by atoms with E-state index in [0.29, 0.717) is 34.6 Å². The van der Waals surface area contributed by atoms with Crippen LogP contribution in [0.1, 0.15) is 29.5 Å². The van der Waals surface area contributed by atoms with Crippen molar-refractivity contribution in [2.24, 2.45) is 7.05 Å². The van der Waals surface area contributed by atoms with Gasteiger partial charge >= 0.3 is 5.97 Å². The normalized spacial score (nSPS) is 10.5. The van der Waals surface area contributed by atoms with Crippen molar-refractivity contribution < 1.29 is 23.8 Å². The molecule has 10 heteroatoms. The summed E-state index contributed by atoms with van der Waals surface area (Å²) >= 11 is 1.26. The van der Waals surface area contributed by atoms with E-state index < -0.39 is 5.97 Å². The highest BCUT2D eigenvalue weighted by atomic mass is 32.2. The summed E-state index contributed by atoms with van der Waals surface area (Å²) in [6, 6.07) is 13.9. The summed E-state index contributed by atoms with van der Waals surface area (Å²) in [7, 11) is 3.43. The van der Waals surface area contributed by atoms with Crippen LogP contribution in [0, 0.1) is 0 Å². The molecule has 3 rings (SSSR count). The minimum Gasteiger partial charge on any atom is -0.497 e. The Morgan fingerprint density at radius 3 is 2.58 bits per heavy atom. The number of hydrogen-bond donors (Lipinski definition) is 1.